The second kappa shape index (κ2) is 17.8. The lowest BCUT2D eigenvalue weighted by atomic mass is 9.74. The van der Waals surface area contributed by atoms with Gasteiger partial charge in [-0.15, -0.1) is 0 Å². The van der Waals surface area contributed by atoms with E-state index in [-0.39, 0.29) is 56.3 Å². The number of hydrogen-bond donors (Lipinski definition) is 5. The normalized spacial score (nSPS) is 46.9. The molecule has 0 aromatic heterocycles. The van der Waals surface area contributed by atoms with Gasteiger partial charge in [-0.05, 0) is 85.3 Å². The van der Waals surface area contributed by atoms with Gasteiger partial charge in [0.25, 0.3) is 0 Å². The van der Waals surface area contributed by atoms with Crippen LogP contribution in [0, 0.1) is 23.7 Å². The third kappa shape index (κ3) is 9.63. The Morgan fingerprint density at radius 3 is 2.20 bits per heavy atom. The molecule has 1 aromatic carbocycles. The van der Waals surface area contributed by atoms with E-state index in [1.54, 1.807) is 58.2 Å². The summed E-state index contributed by atoms with van der Waals surface area (Å²) in [4.78, 5) is 16.4. The van der Waals surface area contributed by atoms with Crippen LogP contribution in [0.4, 0.5) is 0 Å². The zero-order chi connectivity index (χ0) is 41.5. The summed E-state index contributed by atoms with van der Waals surface area (Å²) in [6, 6.07) is 8.62. The van der Waals surface area contributed by atoms with E-state index in [0.29, 0.717) is 12.0 Å². The van der Waals surface area contributed by atoms with Crippen LogP contribution in [0.3, 0.4) is 0 Å². The number of benzene rings is 1. The molecule has 8 unspecified atom stereocenters. The maximum atomic E-state index is 14.3. The summed E-state index contributed by atoms with van der Waals surface area (Å²) in [5.41, 5.74) is -3.25. The second-order valence-corrected chi connectivity index (χ2v) is 17.9. The minimum absolute atomic E-state index is 0.00165. The standard InChI is InChI=1S/C42H69NO13/c1-22(2)43(10)30-17-25(5)52-39(33(30)45)51-21-41(49)18-23(3)32(44)26(6)35(46)40(9,48)37(29-15-13-12-14-16-29)55-38(47)27(7)34(24(4)19-41)54-31-20-42(50-11)36(56-42)28(8)53-31/h12-16,22-28,30-37,39,44-46,48-49H,17-21H2,1-11H3/t23-,24-,25?,26+,27-,28?,30?,31?,32+,33?,34+,35-,36?,37-,39?,40+,41-,42?/m1/s1. The van der Waals surface area contributed by atoms with Gasteiger partial charge in [0.05, 0.1) is 55.1 Å². The van der Waals surface area contributed by atoms with Gasteiger partial charge in [-0.3, -0.25) is 9.69 Å². The van der Waals surface area contributed by atoms with Crippen LogP contribution in [0.25, 0.3) is 0 Å². The topological polar surface area (TPSA) is 189 Å². The first-order chi connectivity index (χ1) is 26.1. The lowest BCUT2D eigenvalue weighted by Crippen LogP contribution is -2.57. The fourth-order valence-electron chi connectivity index (χ4n) is 9.37. The van der Waals surface area contributed by atoms with Crippen molar-refractivity contribution in [3.8, 4) is 0 Å². The van der Waals surface area contributed by atoms with E-state index in [9.17, 15) is 30.3 Å². The molecule has 1 aromatic rings. The first-order valence-corrected chi connectivity index (χ1v) is 20.4. The summed E-state index contributed by atoms with van der Waals surface area (Å²) in [5.74, 6) is -4.65. The molecular formula is C42H69NO13. The Bertz CT molecular complexity index is 1430. The predicted octanol–water partition coefficient (Wildman–Crippen LogP) is 3.30. The molecule has 4 aliphatic rings. The van der Waals surface area contributed by atoms with Crippen molar-refractivity contribution in [1.29, 1.82) is 0 Å². The maximum Gasteiger partial charge on any atom is 0.312 e. The Kier molecular flexibility index (Phi) is 14.4. The Hall–Kier alpha value is -1.79. The zero-order valence-electron chi connectivity index (χ0n) is 35.1. The van der Waals surface area contributed by atoms with Crippen molar-refractivity contribution < 1.29 is 63.5 Å². The van der Waals surface area contributed by atoms with Crippen molar-refractivity contribution in [2.24, 2.45) is 23.7 Å². The molecule has 320 valence electrons. The van der Waals surface area contributed by atoms with Gasteiger partial charge in [0.15, 0.2) is 18.7 Å². The van der Waals surface area contributed by atoms with Crippen LogP contribution in [-0.2, 0) is 38.0 Å². The van der Waals surface area contributed by atoms with Gasteiger partial charge in [0.1, 0.15) is 17.8 Å². The second-order valence-electron chi connectivity index (χ2n) is 17.9. The molecule has 4 aliphatic heterocycles. The van der Waals surface area contributed by atoms with E-state index in [4.69, 9.17) is 33.2 Å². The first kappa shape index (κ1) is 45.3. The summed E-state index contributed by atoms with van der Waals surface area (Å²) in [5, 5.41) is 59.7. The van der Waals surface area contributed by atoms with Crippen LogP contribution in [0.1, 0.15) is 99.7 Å². The summed E-state index contributed by atoms with van der Waals surface area (Å²) in [6.07, 6.45) is -7.86. The molecule has 5 N–H and O–H groups in total. The number of hydrogen-bond acceptors (Lipinski definition) is 14. The highest BCUT2D eigenvalue weighted by atomic mass is 16.8. The van der Waals surface area contributed by atoms with Crippen molar-refractivity contribution in [3.05, 3.63) is 35.9 Å². The highest BCUT2D eigenvalue weighted by molar-refractivity contribution is 5.73. The van der Waals surface area contributed by atoms with Gasteiger partial charge in [0.2, 0.25) is 5.79 Å². The van der Waals surface area contributed by atoms with Crippen LogP contribution >= 0.6 is 0 Å². The van der Waals surface area contributed by atoms with Crippen molar-refractivity contribution in [2.45, 2.75) is 178 Å². The molecule has 4 fully saturated rings. The van der Waals surface area contributed by atoms with Crippen LogP contribution in [0.2, 0.25) is 0 Å². The van der Waals surface area contributed by atoms with Gasteiger partial charge < -0.3 is 58.7 Å². The molecule has 0 spiro atoms. The number of carbonyl (C=O) groups is 1. The lowest BCUT2D eigenvalue weighted by molar-refractivity contribution is -0.273. The van der Waals surface area contributed by atoms with Crippen LogP contribution in [-0.4, -0.2) is 142 Å². The average molecular weight is 796 g/mol. The van der Waals surface area contributed by atoms with Crippen molar-refractivity contribution in [3.63, 3.8) is 0 Å². The van der Waals surface area contributed by atoms with Gasteiger partial charge in [0, 0.05) is 25.1 Å². The van der Waals surface area contributed by atoms with E-state index in [1.165, 1.54) is 6.92 Å². The van der Waals surface area contributed by atoms with Gasteiger partial charge in [-0.25, -0.2) is 0 Å². The van der Waals surface area contributed by atoms with Gasteiger partial charge in [-0.1, -0.05) is 51.1 Å². The minimum atomic E-state index is -2.06. The SMILES string of the molecule is COC12CC(O[C@H]3[C@H](C)C[C@@](O)(COC4OC(C)CC(N(C)C(C)C)C4O)C[C@@H](C)[C@H](O)[C@H](C)[C@@H](O)[C@](C)(O)[C@@H](c4ccccc4)OC(=O)[C@@H]3C)OC(C)C1O2. The summed E-state index contributed by atoms with van der Waals surface area (Å²) in [6.45, 7) is 15.9. The molecule has 56 heavy (non-hydrogen) atoms. The molecular weight excluding hydrogens is 726 g/mol. The number of epoxide rings is 1. The number of cyclic esters (lactones) is 1. The van der Waals surface area contributed by atoms with Crippen LogP contribution < -0.4 is 0 Å². The number of methoxy groups -OCH3 is 1. The monoisotopic (exact) mass is 795 g/mol. The molecule has 5 rings (SSSR count). The van der Waals surface area contributed by atoms with Crippen molar-refractivity contribution in [1.82, 2.24) is 4.90 Å². The Morgan fingerprint density at radius 1 is 0.929 bits per heavy atom. The summed E-state index contributed by atoms with van der Waals surface area (Å²) in [7, 11) is 3.52. The maximum absolute atomic E-state index is 14.3. The largest absolute Gasteiger partial charge is 0.454 e. The van der Waals surface area contributed by atoms with Crippen LogP contribution in [0.15, 0.2) is 30.3 Å². The average Bonchev–Trinajstić information content (AvgIpc) is 3.90. The Labute approximate surface area is 332 Å². The molecule has 0 bridgehead atoms. The number of ether oxygens (including phenoxy) is 7. The molecule has 14 nitrogen and oxygen atoms in total. The van der Waals surface area contributed by atoms with Crippen molar-refractivity contribution in [2.75, 3.05) is 20.8 Å². The molecule has 4 saturated heterocycles. The van der Waals surface area contributed by atoms with Crippen LogP contribution in [0.5, 0.6) is 0 Å². The van der Waals surface area contributed by atoms with E-state index in [0.717, 1.165) is 0 Å². The Morgan fingerprint density at radius 2 is 1.57 bits per heavy atom. The number of esters is 1. The first-order valence-electron chi connectivity index (χ1n) is 20.4. The van der Waals surface area contributed by atoms with Gasteiger partial charge in [-0.2, -0.15) is 0 Å². The molecule has 0 amide bonds. The number of carbonyl (C=O) groups excluding carboxylic acids is 1. The quantitative estimate of drug-likeness (QED) is 0.181. The molecule has 0 aliphatic carbocycles. The van der Waals surface area contributed by atoms with E-state index >= 15 is 0 Å². The van der Waals surface area contributed by atoms with E-state index in [2.05, 4.69) is 4.90 Å². The number of nitrogens with zero attached hydrogens (tertiary/aromatic N) is 1. The predicted molar refractivity (Wildman–Crippen MR) is 205 cm³/mol. The zero-order valence-corrected chi connectivity index (χ0v) is 35.1. The number of fused-ring (bicyclic) bond motifs is 1. The summed E-state index contributed by atoms with van der Waals surface area (Å²) >= 11 is 0. The van der Waals surface area contributed by atoms with Gasteiger partial charge >= 0.3 is 5.97 Å². The Balaban J connectivity index is 1.50. The molecule has 4 heterocycles. The molecule has 0 saturated carbocycles. The minimum Gasteiger partial charge on any atom is -0.454 e. The third-order valence-corrected chi connectivity index (χ3v) is 13.0. The number of aliphatic hydroxyl groups is 5. The molecule has 14 heteroatoms. The smallest absolute Gasteiger partial charge is 0.312 e. The molecule has 0 radical (unpaired) electrons. The lowest BCUT2D eigenvalue weighted by Gasteiger charge is -2.45. The highest BCUT2D eigenvalue weighted by Crippen LogP contribution is 2.49. The number of likely N-dealkylation sites (N-methyl/N-ethyl adjacent to an activating group) is 1. The fraction of sp³-hybridized carbons (Fsp3) is 0.833. The fourth-order valence-corrected chi connectivity index (χ4v) is 9.37. The number of aliphatic hydroxyl groups excluding tert-OH is 3. The number of rotatable bonds is 9. The van der Waals surface area contributed by atoms with E-state index in [1.807, 2.05) is 41.7 Å². The van der Waals surface area contributed by atoms with E-state index < -0.39 is 89.7 Å². The third-order valence-electron chi connectivity index (χ3n) is 13.0. The molecule has 18 atom stereocenters. The van der Waals surface area contributed by atoms with Crippen molar-refractivity contribution >= 4 is 5.97 Å². The highest BCUT2D eigenvalue weighted by Gasteiger charge is 2.65. The summed E-state index contributed by atoms with van der Waals surface area (Å²) < 4.78 is 43.0.